The lowest BCUT2D eigenvalue weighted by Gasteiger charge is -2.22. The first kappa shape index (κ1) is 12.4. The quantitative estimate of drug-likeness (QED) is 0.761. The lowest BCUT2D eigenvalue weighted by atomic mass is 9.90. The molecule has 0 fully saturated rings. The molecule has 2 rings (SSSR count). The Hall–Kier alpha value is -1.02. The zero-order valence-corrected chi connectivity index (χ0v) is 10.9. The molecule has 1 N–H and O–H groups in total. The molecule has 0 aliphatic carbocycles. The van der Waals surface area contributed by atoms with E-state index in [1.807, 2.05) is 6.07 Å². The summed E-state index contributed by atoms with van der Waals surface area (Å²) in [6.45, 7) is 3.08. The van der Waals surface area contributed by atoms with Crippen LogP contribution in [0.25, 0.3) is 0 Å². The largest absolute Gasteiger partial charge is 0.493 e. The highest BCUT2D eigenvalue weighted by Crippen LogP contribution is 2.36. The normalized spacial score (nSPS) is 19.8. The molecule has 0 aromatic heterocycles. The van der Waals surface area contributed by atoms with Gasteiger partial charge in [0.1, 0.15) is 5.75 Å². The maximum atomic E-state index is 5.76. The van der Waals surface area contributed by atoms with Crippen LogP contribution in [0.5, 0.6) is 5.75 Å². The average molecular weight is 233 g/mol. The second-order valence-corrected chi connectivity index (χ2v) is 4.85. The van der Waals surface area contributed by atoms with Gasteiger partial charge in [0.15, 0.2) is 0 Å². The minimum atomic E-state index is 0.521. The standard InChI is InChI=1S/C15H23NO/c1-3-4-5-9-14(16-2)13-11-17-15-10-7-6-8-12(13)15/h6-8,10,13-14,16H,3-5,9,11H2,1-2H3. The molecule has 2 nitrogen and oxygen atoms in total. The number of unbranched alkanes of at least 4 members (excludes halogenated alkanes) is 2. The molecule has 17 heavy (non-hydrogen) atoms. The summed E-state index contributed by atoms with van der Waals surface area (Å²) in [6.07, 6.45) is 5.16. The van der Waals surface area contributed by atoms with Crippen molar-refractivity contribution in [1.29, 1.82) is 0 Å². The van der Waals surface area contributed by atoms with E-state index in [0.29, 0.717) is 12.0 Å². The fraction of sp³-hybridized carbons (Fsp3) is 0.600. The van der Waals surface area contributed by atoms with E-state index >= 15 is 0 Å². The number of nitrogens with one attached hydrogen (secondary N) is 1. The molecule has 1 aromatic rings. The topological polar surface area (TPSA) is 21.3 Å². The number of rotatable bonds is 6. The van der Waals surface area contributed by atoms with Crippen molar-refractivity contribution in [2.75, 3.05) is 13.7 Å². The van der Waals surface area contributed by atoms with Gasteiger partial charge in [0.05, 0.1) is 6.61 Å². The molecule has 1 aromatic carbocycles. The molecule has 0 spiro atoms. The Morgan fingerprint density at radius 3 is 2.94 bits per heavy atom. The molecule has 1 aliphatic rings. The summed E-state index contributed by atoms with van der Waals surface area (Å²) in [5, 5.41) is 3.46. The van der Waals surface area contributed by atoms with Crippen LogP contribution in [0.3, 0.4) is 0 Å². The molecule has 0 saturated heterocycles. The SMILES string of the molecule is CCCCCC(NC)C1COc2ccccc21. The summed E-state index contributed by atoms with van der Waals surface area (Å²) in [7, 11) is 2.07. The molecular weight excluding hydrogens is 210 g/mol. The highest BCUT2D eigenvalue weighted by molar-refractivity contribution is 5.40. The molecule has 2 unspecified atom stereocenters. The number of fused-ring (bicyclic) bond motifs is 1. The Morgan fingerprint density at radius 2 is 2.18 bits per heavy atom. The first-order valence-corrected chi connectivity index (χ1v) is 6.75. The van der Waals surface area contributed by atoms with Crippen molar-refractivity contribution >= 4 is 0 Å². The van der Waals surface area contributed by atoms with Gasteiger partial charge in [-0.1, -0.05) is 44.4 Å². The van der Waals surface area contributed by atoms with Crippen molar-refractivity contribution in [3.63, 3.8) is 0 Å². The zero-order chi connectivity index (χ0) is 12.1. The number of hydrogen-bond donors (Lipinski definition) is 1. The maximum Gasteiger partial charge on any atom is 0.122 e. The average Bonchev–Trinajstić information content (AvgIpc) is 2.79. The molecule has 94 valence electrons. The highest BCUT2D eigenvalue weighted by atomic mass is 16.5. The Kier molecular flexibility index (Phi) is 4.43. The third-order valence-electron chi connectivity index (χ3n) is 3.71. The van der Waals surface area contributed by atoms with Gasteiger partial charge in [-0.2, -0.15) is 0 Å². The number of para-hydroxylation sites is 1. The fourth-order valence-corrected chi connectivity index (χ4v) is 2.68. The zero-order valence-electron chi connectivity index (χ0n) is 10.9. The van der Waals surface area contributed by atoms with Crippen LogP contribution in [0.1, 0.15) is 44.1 Å². The van der Waals surface area contributed by atoms with Crippen molar-refractivity contribution in [2.24, 2.45) is 0 Å². The molecule has 2 atom stereocenters. The Balaban J connectivity index is 2.01. The lowest BCUT2D eigenvalue weighted by Crippen LogP contribution is -2.33. The van der Waals surface area contributed by atoms with Crippen LogP contribution in [-0.2, 0) is 0 Å². The minimum Gasteiger partial charge on any atom is -0.493 e. The summed E-state index contributed by atoms with van der Waals surface area (Å²) >= 11 is 0. The Bertz CT molecular complexity index is 351. The Morgan fingerprint density at radius 1 is 1.35 bits per heavy atom. The van der Waals surface area contributed by atoms with Gasteiger partial charge in [-0.3, -0.25) is 0 Å². The van der Waals surface area contributed by atoms with Gasteiger partial charge in [0.2, 0.25) is 0 Å². The second kappa shape index (κ2) is 6.06. The molecular formula is C15H23NO. The smallest absolute Gasteiger partial charge is 0.122 e. The maximum absolute atomic E-state index is 5.76. The van der Waals surface area contributed by atoms with E-state index in [0.717, 1.165) is 12.4 Å². The third-order valence-corrected chi connectivity index (χ3v) is 3.71. The number of likely N-dealkylation sites (N-methyl/N-ethyl adjacent to an activating group) is 1. The minimum absolute atomic E-state index is 0.521. The highest BCUT2D eigenvalue weighted by Gasteiger charge is 2.29. The second-order valence-electron chi connectivity index (χ2n) is 4.85. The van der Waals surface area contributed by atoms with Crippen molar-refractivity contribution in [2.45, 2.75) is 44.6 Å². The fourth-order valence-electron chi connectivity index (χ4n) is 2.68. The molecule has 0 amide bonds. The predicted octanol–water partition coefficient (Wildman–Crippen LogP) is 3.33. The van der Waals surface area contributed by atoms with Gasteiger partial charge in [0, 0.05) is 17.5 Å². The number of ether oxygens (including phenoxy) is 1. The van der Waals surface area contributed by atoms with E-state index in [1.165, 1.54) is 31.2 Å². The first-order valence-electron chi connectivity index (χ1n) is 6.75. The molecule has 1 aliphatic heterocycles. The summed E-state index contributed by atoms with van der Waals surface area (Å²) in [5.41, 5.74) is 1.38. The van der Waals surface area contributed by atoms with Gasteiger partial charge in [-0.05, 0) is 19.5 Å². The van der Waals surface area contributed by atoms with Crippen LogP contribution >= 0.6 is 0 Å². The van der Waals surface area contributed by atoms with E-state index in [2.05, 4.69) is 37.5 Å². The van der Waals surface area contributed by atoms with Crippen molar-refractivity contribution < 1.29 is 4.74 Å². The Labute approximate surface area is 104 Å². The molecule has 1 heterocycles. The molecule has 0 radical (unpaired) electrons. The van der Waals surface area contributed by atoms with Crippen LogP contribution in [-0.4, -0.2) is 19.7 Å². The summed E-state index contributed by atoms with van der Waals surface area (Å²) in [6, 6.07) is 8.99. The van der Waals surface area contributed by atoms with Crippen LogP contribution in [0, 0.1) is 0 Å². The summed E-state index contributed by atoms with van der Waals surface area (Å²) in [4.78, 5) is 0. The number of benzene rings is 1. The lowest BCUT2D eigenvalue weighted by molar-refractivity contribution is 0.294. The van der Waals surface area contributed by atoms with E-state index in [4.69, 9.17) is 4.74 Å². The van der Waals surface area contributed by atoms with Gasteiger partial charge in [0.25, 0.3) is 0 Å². The van der Waals surface area contributed by atoms with Crippen LogP contribution in [0.15, 0.2) is 24.3 Å². The molecule has 0 bridgehead atoms. The summed E-state index contributed by atoms with van der Waals surface area (Å²) < 4.78 is 5.76. The number of hydrogen-bond acceptors (Lipinski definition) is 2. The van der Waals surface area contributed by atoms with Gasteiger partial charge in [-0.15, -0.1) is 0 Å². The van der Waals surface area contributed by atoms with Gasteiger partial charge < -0.3 is 10.1 Å². The monoisotopic (exact) mass is 233 g/mol. The predicted molar refractivity (Wildman–Crippen MR) is 71.7 cm³/mol. The van der Waals surface area contributed by atoms with Crippen LogP contribution < -0.4 is 10.1 Å². The third kappa shape index (κ3) is 2.81. The van der Waals surface area contributed by atoms with Crippen LogP contribution in [0.2, 0.25) is 0 Å². The first-order chi connectivity index (χ1) is 8.36. The summed E-state index contributed by atoms with van der Waals surface area (Å²) in [5.74, 6) is 1.60. The molecule has 2 heteroatoms. The van der Waals surface area contributed by atoms with Gasteiger partial charge >= 0.3 is 0 Å². The van der Waals surface area contributed by atoms with Crippen molar-refractivity contribution in [1.82, 2.24) is 5.32 Å². The van der Waals surface area contributed by atoms with Crippen molar-refractivity contribution in [3.8, 4) is 5.75 Å². The van der Waals surface area contributed by atoms with Crippen molar-refractivity contribution in [3.05, 3.63) is 29.8 Å². The van der Waals surface area contributed by atoms with Gasteiger partial charge in [-0.25, -0.2) is 0 Å². The van der Waals surface area contributed by atoms with E-state index in [1.54, 1.807) is 0 Å². The van der Waals surface area contributed by atoms with Crippen LogP contribution in [0.4, 0.5) is 0 Å². The van der Waals surface area contributed by atoms with E-state index < -0.39 is 0 Å². The molecule has 0 saturated carbocycles. The van der Waals surface area contributed by atoms with E-state index in [-0.39, 0.29) is 0 Å². The van der Waals surface area contributed by atoms with E-state index in [9.17, 15) is 0 Å².